The zero-order chi connectivity index (χ0) is 20.0. The molecule has 0 spiro atoms. The average Bonchev–Trinajstić information content (AvgIpc) is 3.28. The van der Waals surface area contributed by atoms with Crippen molar-refractivity contribution in [3.05, 3.63) is 59.2 Å². The molecular weight excluding hydrogens is 388 g/mol. The molecule has 0 atom stereocenters. The Labute approximate surface area is 152 Å². The molecule has 0 aliphatic heterocycles. The largest absolute Gasteiger partial charge is 0.322 e. The van der Waals surface area contributed by atoms with Crippen molar-refractivity contribution in [1.29, 1.82) is 0 Å². The first-order valence-corrected chi connectivity index (χ1v) is 9.28. The van der Waals surface area contributed by atoms with E-state index >= 15 is 0 Å². The number of anilines is 1. The predicted octanol–water partition coefficient (Wildman–Crippen LogP) is 3.33. The molecule has 0 saturated heterocycles. The molecule has 144 valence electrons. The van der Waals surface area contributed by atoms with Crippen molar-refractivity contribution < 1.29 is 30.8 Å². The molecule has 2 aromatic carbocycles. The third-order valence-electron chi connectivity index (χ3n) is 4.12. The summed E-state index contributed by atoms with van der Waals surface area (Å²) in [7, 11) is -3.99. The highest BCUT2D eigenvalue weighted by Crippen LogP contribution is 2.36. The SMILES string of the molecule is CC1(NS(=O)(=O)c2ccc(F)c(C(=O)Nc3cc(F)c(F)c(F)c3)c2)CC1. The van der Waals surface area contributed by atoms with Gasteiger partial charge in [0.1, 0.15) is 5.82 Å². The number of benzene rings is 2. The Morgan fingerprint density at radius 2 is 1.59 bits per heavy atom. The minimum absolute atomic E-state index is 0.335. The highest BCUT2D eigenvalue weighted by Gasteiger charge is 2.41. The van der Waals surface area contributed by atoms with Crippen LogP contribution in [-0.4, -0.2) is 19.9 Å². The smallest absolute Gasteiger partial charge is 0.258 e. The molecule has 5 nitrogen and oxygen atoms in total. The van der Waals surface area contributed by atoms with Crippen LogP contribution in [0, 0.1) is 23.3 Å². The first kappa shape index (κ1) is 19.3. The molecule has 0 bridgehead atoms. The van der Waals surface area contributed by atoms with Crippen molar-refractivity contribution in [2.45, 2.75) is 30.2 Å². The number of hydrogen-bond donors (Lipinski definition) is 2. The van der Waals surface area contributed by atoms with E-state index in [1.807, 2.05) is 5.32 Å². The number of nitrogens with one attached hydrogen (secondary N) is 2. The Hall–Kier alpha value is -2.46. The Morgan fingerprint density at radius 1 is 1.00 bits per heavy atom. The van der Waals surface area contributed by atoms with Gasteiger partial charge < -0.3 is 5.32 Å². The van der Waals surface area contributed by atoms with Gasteiger partial charge in [-0.2, -0.15) is 0 Å². The van der Waals surface area contributed by atoms with Crippen molar-refractivity contribution >= 4 is 21.6 Å². The summed E-state index contributed by atoms with van der Waals surface area (Å²) in [5, 5.41) is 2.01. The van der Waals surface area contributed by atoms with Gasteiger partial charge in [-0.1, -0.05) is 0 Å². The van der Waals surface area contributed by atoms with Crippen molar-refractivity contribution in [3.8, 4) is 0 Å². The average molecular weight is 402 g/mol. The van der Waals surface area contributed by atoms with Crippen LogP contribution < -0.4 is 10.0 Å². The molecule has 1 aliphatic carbocycles. The number of sulfonamides is 1. The lowest BCUT2D eigenvalue weighted by atomic mass is 10.2. The van der Waals surface area contributed by atoms with Crippen LogP contribution in [0.4, 0.5) is 23.2 Å². The minimum Gasteiger partial charge on any atom is -0.322 e. The molecule has 2 N–H and O–H groups in total. The van der Waals surface area contributed by atoms with Crippen LogP contribution >= 0.6 is 0 Å². The van der Waals surface area contributed by atoms with Gasteiger partial charge in [-0.15, -0.1) is 0 Å². The van der Waals surface area contributed by atoms with Gasteiger partial charge in [0.25, 0.3) is 5.91 Å². The summed E-state index contributed by atoms with van der Waals surface area (Å²) in [4.78, 5) is 11.9. The quantitative estimate of drug-likeness (QED) is 0.595. The van der Waals surface area contributed by atoms with Gasteiger partial charge in [-0.25, -0.2) is 30.7 Å². The van der Waals surface area contributed by atoms with E-state index in [1.165, 1.54) is 0 Å². The molecule has 1 aliphatic rings. The van der Waals surface area contributed by atoms with Gasteiger partial charge in [0.05, 0.1) is 10.5 Å². The molecule has 1 amide bonds. The van der Waals surface area contributed by atoms with E-state index in [2.05, 4.69) is 4.72 Å². The summed E-state index contributed by atoms with van der Waals surface area (Å²) in [6.45, 7) is 1.71. The molecule has 0 aromatic heterocycles. The molecule has 3 rings (SSSR count). The molecule has 0 radical (unpaired) electrons. The normalized spacial score (nSPS) is 15.4. The molecule has 1 saturated carbocycles. The van der Waals surface area contributed by atoms with Crippen LogP contribution in [0.2, 0.25) is 0 Å². The number of carbonyl (C=O) groups excluding carboxylic acids is 1. The summed E-state index contributed by atoms with van der Waals surface area (Å²) >= 11 is 0. The Morgan fingerprint density at radius 3 is 2.15 bits per heavy atom. The van der Waals surface area contributed by atoms with E-state index in [4.69, 9.17) is 0 Å². The minimum atomic E-state index is -3.99. The van der Waals surface area contributed by atoms with Crippen molar-refractivity contribution in [3.63, 3.8) is 0 Å². The van der Waals surface area contributed by atoms with Crippen LogP contribution in [0.5, 0.6) is 0 Å². The van der Waals surface area contributed by atoms with Crippen LogP contribution in [0.3, 0.4) is 0 Å². The van der Waals surface area contributed by atoms with E-state index in [0.717, 1.165) is 18.2 Å². The molecule has 0 heterocycles. The van der Waals surface area contributed by atoms with E-state index in [9.17, 15) is 30.8 Å². The fourth-order valence-corrected chi connectivity index (χ4v) is 3.84. The van der Waals surface area contributed by atoms with E-state index in [-0.39, 0.29) is 4.90 Å². The lowest BCUT2D eigenvalue weighted by molar-refractivity contribution is 0.102. The zero-order valence-corrected chi connectivity index (χ0v) is 14.8. The Balaban J connectivity index is 1.89. The van der Waals surface area contributed by atoms with Crippen LogP contribution in [0.15, 0.2) is 35.2 Å². The van der Waals surface area contributed by atoms with E-state index in [0.29, 0.717) is 25.0 Å². The maximum atomic E-state index is 14.0. The third-order valence-corrected chi connectivity index (χ3v) is 5.75. The Bertz CT molecular complexity index is 1010. The number of amides is 1. The topological polar surface area (TPSA) is 75.3 Å². The van der Waals surface area contributed by atoms with Gasteiger partial charge >= 0.3 is 0 Å². The third kappa shape index (κ3) is 4.11. The maximum Gasteiger partial charge on any atom is 0.258 e. The molecular formula is C17H14F4N2O3S. The van der Waals surface area contributed by atoms with Gasteiger partial charge in [0, 0.05) is 23.4 Å². The van der Waals surface area contributed by atoms with Crippen LogP contribution in [0.1, 0.15) is 30.1 Å². The first-order chi connectivity index (χ1) is 12.5. The van der Waals surface area contributed by atoms with Crippen molar-refractivity contribution in [2.75, 3.05) is 5.32 Å². The number of halogens is 4. The zero-order valence-electron chi connectivity index (χ0n) is 13.9. The van der Waals surface area contributed by atoms with Crippen molar-refractivity contribution in [1.82, 2.24) is 4.72 Å². The number of hydrogen-bond acceptors (Lipinski definition) is 3. The van der Waals surface area contributed by atoms with E-state index in [1.54, 1.807) is 6.92 Å². The lowest BCUT2D eigenvalue weighted by Gasteiger charge is -2.13. The monoisotopic (exact) mass is 402 g/mol. The standard InChI is InChI=1S/C17H14F4N2O3S/c1-17(4-5-17)23-27(25,26)10-2-3-12(18)11(8-10)16(24)22-9-6-13(19)15(21)14(20)7-9/h2-3,6-8,23H,4-5H2,1H3,(H,22,24). The molecule has 2 aromatic rings. The summed E-state index contributed by atoms with van der Waals surface area (Å²) in [5.74, 6) is -6.97. The van der Waals surface area contributed by atoms with Crippen LogP contribution in [0.25, 0.3) is 0 Å². The van der Waals surface area contributed by atoms with Gasteiger partial charge in [0.2, 0.25) is 10.0 Å². The van der Waals surface area contributed by atoms with E-state index < -0.39 is 56.0 Å². The first-order valence-electron chi connectivity index (χ1n) is 7.80. The fraction of sp³-hybridized carbons (Fsp3) is 0.235. The van der Waals surface area contributed by atoms with Crippen molar-refractivity contribution in [2.24, 2.45) is 0 Å². The van der Waals surface area contributed by atoms with Gasteiger partial charge in [-0.3, -0.25) is 4.79 Å². The number of rotatable bonds is 5. The summed E-state index contributed by atoms with van der Waals surface area (Å²) in [6.07, 6.45) is 1.31. The second kappa shape index (κ2) is 6.61. The summed E-state index contributed by atoms with van der Waals surface area (Å²) in [6, 6.07) is 3.64. The Kier molecular flexibility index (Phi) is 4.73. The molecule has 1 fully saturated rings. The molecule has 10 heteroatoms. The summed E-state index contributed by atoms with van der Waals surface area (Å²) < 4.78 is 80.6. The fourth-order valence-electron chi connectivity index (χ4n) is 2.34. The summed E-state index contributed by atoms with van der Waals surface area (Å²) in [5.41, 5.74) is -1.67. The highest BCUT2D eigenvalue weighted by molar-refractivity contribution is 7.89. The molecule has 27 heavy (non-hydrogen) atoms. The second-order valence-electron chi connectivity index (χ2n) is 6.52. The highest BCUT2D eigenvalue weighted by atomic mass is 32.2. The maximum absolute atomic E-state index is 14.0. The van der Waals surface area contributed by atoms with Crippen LogP contribution in [-0.2, 0) is 10.0 Å². The second-order valence-corrected chi connectivity index (χ2v) is 8.20. The predicted molar refractivity (Wildman–Crippen MR) is 88.6 cm³/mol. The number of carbonyl (C=O) groups is 1. The van der Waals surface area contributed by atoms with Gasteiger partial charge in [0.15, 0.2) is 17.5 Å². The van der Waals surface area contributed by atoms with Gasteiger partial charge in [-0.05, 0) is 38.0 Å². The molecule has 0 unspecified atom stereocenters. The lowest BCUT2D eigenvalue weighted by Crippen LogP contribution is -2.34.